The summed E-state index contributed by atoms with van der Waals surface area (Å²) in [6.45, 7) is 5.36. The molecule has 0 N–H and O–H groups in total. The van der Waals surface area contributed by atoms with E-state index in [-0.39, 0.29) is 0 Å². The Morgan fingerprint density at radius 1 is 1.50 bits per heavy atom. The van der Waals surface area contributed by atoms with E-state index in [4.69, 9.17) is 11.6 Å². The monoisotopic (exact) mass is 231 g/mol. The van der Waals surface area contributed by atoms with Gasteiger partial charge in [-0.1, -0.05) is 18.3 Å². The second-order valence-corrected chi connectivity index (χ2v) is 5.36. The topological polar surface area (TPSA) is 29.0 Å². The number of hydrogen-bond acceptors (Lipinski definition) is 4. The van der Waals surface area contributed by atoms with Crippen molar-refractivity contribution in [3.8, 4) is 0 Å². The fourth-order valence-corrected chi connectivity index (χ4v) is 2.37. The van der Waals surface area contributed by atoms with E-state index in [0.29, 0.717) is 4.47 Å². The summed E-state index contributed by atoms with van der Waals surface area (Å²) in [5, 5.41) is 8.86. The molecule has 1 aliphatic rings. The molecule has 0 amide bonds. The molecule has 1 aromatic rings. The maximum atomic E-state index is 5.73. The zero-order valence-corrected chi connectivity index (χ0v) is 9.81. The summed E-state index contributed by atoms with van der Waals surface area (Å²) in [5.74, 6) is 0.929. The predicted octanol–water partition coefficient (Wildman–Crippen LogP) is 2.42. The number of aromatic nitrogens is 2. The molecule has 0 atom stereocenters. The van der Waals surface area contributed by atoms with Crippen LogP contribution in [-0.4, -0.2) is 28.2 Å². The zero-order valence-electron chi connectivity index (χ0n) is 8.24. The van der Waals surface area contributed by atoms with Gasteiger partial charge >= 0.3 is 0 Å². The van der Waals surface area contributed by atoms with Crippen LogP contribution in [0.1, 0.15) is 24.8 Å². The molecule has 5 heteroatoms. The molecular formula is C9H14ClN3S. The Morgan fingerprint density at radius 2 is 2.29 bits per heavy atom. The first-order valence-electron chi connectivity index (χ1n) is 4.98. The first-order valence-corrected chi connectivity index (χ1v) is 6.17. The van der Waals surface area contributed by atoms with Crippen molar-refractivity contribution in [1.82, 2.24) is 15.1 Å². The van der Waals surface area contributed by atoms with Crippen molar-refractivity contribution in [1.29, 1.82) is 0 Å². The molecular weight excluding hydrogens is 218 g/mol. The highest BCUT2D eigenvalue weighted by molar-refractivity contribution is 7.15. The molecule has 0 aliphatic heterocycles. The Bertz CT molecular complexity index is 298. The normalized spacial score (nSPS) is 16.5. The Kier molecular flexibility index (Phi) is 3.36. The van der Waals surface area contributed by atoms with Crippen molar-refractivity contribution < 1.29 is 0 Å². The average Bonchev–Trinajstić information content (AvgIpc) is 2.89. The summed E-state index contributed by atoms with van der Waals surface area (Å²) in [4.78, 5) is 2.41. The third-order valence-electron chi connectivity index (χ3n) is 2.46. The van der Waals surface area contributed by atoms with Gasteiger partial charge in [0.2, 0.25) is 4.47 Å². The first-order chi connectivity index (χ1) is 6.78. The second kappa shape index (κ2) is 4.55. The molecule has 0 unspecified atom stereocenters. The molecule has 1 aliphatic carbocycles. The van der Waals surface area contributed by atoms with Gasteiger partial charge in [-0.3, -0.25) is 4.90 Å². The lowest BCUT2D eigenvalue weighted by Gasteiger charge is -2.17. The fraction of sp³-hybridized carbons (Fsp3) is 0.778. The minimum Gasteiger partial charge on any atom is -0.297 e. The fourth-order valence-electron chi connectivity index (χ4n) is 1.46. The molecule has 1 aromatic heterocycles. The van der Waals surface area contributed by atoms with E-state index >= 15 is 0 Å². The number of rotatable bonds is 5. The molecule has 1 saturated carbocycles. The maximum Gasteiger partial charge on any atom is 0.207 e. The number of halogens is 1. The van der Waals surface area contributed by atoms with Gasteiger partial charge in [-0.2, -0.15) is 0 Å². The third kappa shape index (κ3) is 2.90. The lowest BCUT2D eigenvalue weighted by molar-refractivity contribution is 0.267. The Hall–Kier alpha value is -0.190. The van der Waals surface area contributed by atoms with Crippen molar-refractivity contribution in [3.63, 3.8) is 0 Å². The molecule has 0 bridgehead atoms. The van der Waals surface area contributed by atoms with Crippen LogP contribution in [0, 0.1) is 5.92 Å². The summed E-state index contributed by atoms with van der Waals surface area (Å²) in [6, 6.07) is 0. The highest BCUT2D eigenvalue weighted by atomic mass is 35.5. The second-order valence-electron chi connectivity index (χ2n) is 3.72. The highest BCUT2D eigenvalue weighted by Crippen LogP contribution is 2.30. The van der Waals surface area contributed by atoms with Gasteiger partial charge in [0.05, 0.1) is 6.54 Å². The molecule has 0 aromatic carbocycles. The molecule has 1 fully saturated rings. The van der Waals surface area contributed by atoms with Crippen LogP contribution >= 0.6 is 22.9 Å². The van der Waals surface area contributed by atoms with Crippen molar-refractivity contribution in [2.75, 3.05) is 13.1 Å². The lowest BCUT2D eigenvalue weighted by atomic mass is 10.3. The van der Waals surface area contributed by atoms with Crippen LogP contribution in [0.5, 0.6) is 0 Å². The minimum atomic E-state index is 0.544. The molecule has 0 spiro atoms. The molecule has 78 valence electrons. The summed E-state index contributed by atoms with van der Waals surface area (Å²) in [7, 11) is 0. The first kappa shape index (κ1) is 10.3. The summed E-state index contributed by atoms with van der Waals surface area (Å²) >= 11 is 7.21. The molecule has 0 radical (unpaired) electrons. The van der Waals surface area contributed by atoms with Crippen LogP contribution in [-0.2, 0) is 6.54 Å². The Balaban J connectivity index is 1.86. The largest absolute Gasteiger partial charge is 0.297 e. The Morgan fingerprint density at radius 3 is 2.79 bits per heavy atom. The van der Waals surface area contributed by atoms with Gasteiger partial charge in [0.1, 0.15) is 5.01 Å². The van der Waals surface area contributed by atoms with Gasteiger partial charge in [0.25, 0.3) is 0 Å². The molecule has 2 rings (SSSR count). The molecule has 1 heterocycles. The van der Waals surface area contributed by atoms with Crippen LogP contribution < -0.4 is 0 Å². The van der Waals surface area contributed by atoms with Crippen LogP contribution in [0.2, 0.25) is 4.47 Å². The van der Waals surface area contributed by atoms with Crippen molar-refractivity contribution in [2.24, 2.45) is 5.92 Å². The van der Waals surface area contributed by atoms with Crippen molar-refractivity contribution in [3.05, 3.63) is 9.47 Å². The Labute approximate surface area is 93.1 Å². The van der Waals surface area contributed by atoms with Gasteiger partial charge in [0, 0.05) is 6.54 Å². The number of hydrogen-bond donors (Lipinski definition) is 0. The molecule has 14 heavy (non-hydrogen) atoms. The summed E-state index contributed by atoms with van der Waals surface area (Å²) in [5.41, 5.74) is 0. The van der Waals surface area contributed by atoms with Crippen molar-refractivity contribution >= 4 is 22.9 Å². The maximum absolute atomic E-state index is 5.73. The van der Waals surface area contributed by atoms with Gasteiger partial charge < -0.3 is 0 Å². The van der Waals surface area contributed by atoms with Gasteiger partial charge in [-0.15, -0.1) is 10.2 Å². The van der Waals surface area contributed by atoms with Gasteiger partial charge in [0.15, 0.2) is 0 Å². The van der Waals surface area contributed by atoms with Crippen LogP contribution in [0.4, 0.5) is 0 Å². The highest BCUT2D eigenvalue weighted by Gasteiger charge is 2.24. The third-order valence-corrected chi connectivity index (χ3v) is 3.47. The van der Waals surface area contributed by atoms with E-state index in [1.165, 1.54) is 30.7 Å². The standard InChI is InChI=1S/C9H14ClN3S/c1-2-13(5-7-3-4-7)6-8-11-12-9(10)14-8/h7H,2-6H2,1H3. The SMILES string of the molecule is CCN(Cc1nnc(Cl)s1)CC1CC1. The van der Waals surface area contributed by atoms with Gasteiger partial charge in [-0.05, 0) is 36.9 Å². The predicted molar refractivity (Wildman–Crippen MR) is 58.6 cm³/mol. The van der Waals surface area contributed by atoms with E-state index in [2.05, 4.69) is 22.0 Å². The number of nitrogens with zero attached hydrogens (tertiary/aromatic N) is 3. The van der Waals surface area contributed by atoms with E-state index in [1.807, 2.05) is 0 Å². The van der Waals surface area contributed by atoms with E-state index in [1.54, 1.807) is 0 Å². The summed E-state index contributed by atoms with van der Waals surface area (Å²) in [6.07, 6.45) is 2.79. The van der Waals surface area contributed by atoms with Crippen LogP contribution in [0.25, 0.3) is 0 Å². The van der Waals surface area contributed by atoms with Crippen LogP contribution in [0.15, 0.2) is 0 Å². The smallest absolute Gasteiger partial charge is 0.207 e. The average molecular weight is 232 g/mol. The van der Waals surface area contributed by atoms with Gasteiger partial charge in [-0.25, -0.2) is 0 Å². The van der Waals surface area contributed by atoms with E-state index < -0.39 is 0 Å². The van der Waals surface area contributed by atoms with Crippen molar-refractivity contribution in [2.45, 2.75) is 26.3 Å². The zero-order chi connectivity index (χ0) is 9.97. The summed E-state index contributed by atoms with van der Waals surface area (Å²) < 4.78 is 0.544. The van der Waals surface area contributed by atoms with E-state index in [9.17, 15) is 0 Å². The molecule has 0 saturated heterocycles. The van der Waals surface area contributed by atoms with E-state index in [0.717, 1.165) is 24.0 Å². The molecule has 3 nitrogen and oxygen atoms in total. The quantitative estimate of drug-likeness (QED) is 0.780. The minimum absolute atomic E-state index is 0.544. The van der Waals surface area contributed by atoms with Crippen LogP contribution in [0.3, 0.4) is 0 Å². The lowest BCUT2D eigenvalue weighted by Crippen LogP contribution is -2.25.